The van der Waals surface area contributed by atoms with Gasteiger partial charge in [-0.05, 0) is 18.1 Å². The standard InChI is InChI=1S/C15H15N3O3/c1-8(2)11(15(19)20)18-14-13-12(16-7-17-14)9-5-3-4-6-10(9)21-13/h3-8,11H,1-2H3,(H,19,20)(H,16,17,18)/p-1/t11-/m0/s1. The highest BCUT2D eigenvalue weighted by Crippen LogP contribution is 2.30. The van der Waals surface area contributed by atoms with E-state index in [0.29, 0.717) is 22.5 Å². The monoisotopic (exact) mass is 284 g/mol. The van der Waals surface area contributed by atoms with Crippen LogP contribution in [0, 0.1) is 5.92 Å². The molecule has 108 valence electrons. The molecule has 0 bridgehead atoms. The van der Waals surface area contributed by atoms with Crippen molar-refractivity contribution in [2.45, 2.75) is 19.9 Å². The van der Waals surface area contributed by atoms with Crippen LogP contribution in [-0.2, 0) is 4.79 Å². The van der Waals surface area contributed by atoms with Gasteiger partial charge in [0.05, 0.1) is 12.0 Å². The molecule has 6 nitrogen and oxygen atoms in total. The molecule has 0 saturated heterocycles. The first-order valence-electron chi connectivity index (χ1n) is 6.67. The van der Waals surface area contributed by atoms with Crippen LogP contribution in [0.15, 0.2) is 35.0 Å². The first-order chi connectivity index (χ1) is 10.1. The van der Waals surface area contributed by atoms with Crippen LogP contribution < -0.4 is 10.4 Å². The van der Waals surface area contributed by atoms with Crippen LogP contribution in [-0.4, -0.2) is 22.0 Å². The number of nitrogens with one attached hydrogen (secondary N) is 1. The SMILES string of the molecule is CC(C)[C@H](Nc1ncnc2c1oc1ccccc12)C(=O)[O-]. The fraction of sp³-hybridized carbons (Fsp3) is 0.267. The molecule has 1 N–H and O–H groups in total. The lowest BCUT2D eigenvalue weighted by Gasteiger charge is -2.23. The van der Waals surface area contributed by atoms with E-state index in [0.717, 1.165) is 5.39 Å². The minimum Gasteiger partial charge on any atom is -0.548 e. The number of fused-ring (bicyclic) bond motifs is 3. The maximum absolute atomic E-state index is 11.2. The highest BCUT2D eigenvalue weighted by atomic mass is 16.4. The molecular weight excluding hydrogens is 270 g/mol. The summed E-state index contributed by atoms with van der Waals surface area (Å²) in [4.78, 5) is 19.5. The second kappa shape index (κ2) is 5.05. The van der Waals surface area contributed by atoms with Gasteiger partial charge in [0.2, 0.25) is 0 Å². The Balaban J connectivity index is 2.12. The second-order valence-corrected chi connectivity index (χ2v) is 5.18. The third-order valence-electron chi connectivity index (χ3n) is 3.37. The minimum absolute atomic E-state index is 0.149. The van der Waals surface area contributed by atoms with Crippen molar-refractivity contribution < 1.29 is 14.3 Å². The van der Waals surface area contributed by atoms with Gasteiger partial charge in [0.1, 0.15) is 17.4 Å². The van der Waals surface area contributed by atoms with E-state index in [2.05, 4.69) is 15.3 Å². The summed E-state index contributed by atoms with van der Waals surface area (Å²) in [5.41, 5.74) is 1.79. The minimum atomic E-state index is -1.17. The van der Waals surface area contributed by atoms with E-state index >= 15 is 0 Å². The Hall–Kier alpha value is -2.63. The molecule has 0 saturated carbocycles. The van der Waals surface area contributed by atoms with Gasteiger partial charge in [0.25, 0.3) is 0 Å². The first kappa shape index (κ1) is 13.4. The number of carbonyl (C=O) groups excluding carboxylic acids is 1. The van der Waals surface area contributed by atoms with Gasteiger partial charge in [0.15, 0.2) is 11.4 Å². The van der Waals surface area contributed by atoms with E-state index in [-0.39, 0.29) is 5.92 Å². The molecule has 6 heteroatoms. The Morgan fingerprint density at radius 3 is 2.76 bits per heavy atom. The molecule has 0 unspecified atom stereocenters. The van der Waals surface area contributed by atoms with Crippen LogP contribution in [0.5, 0.6) is 0 Å². The predicted molar refractivity (Wildman–Crippen MR) is 76.6 cm³/mol. The number of aromatic nitrogens is 2. The van der Waals surface area contributed by atoms with Crippen molar-refractivity contribution in [1.29, 1.82) is 0 Å². The van der Waals surface area contributed by atoms with Crippen LogP contribution in [0.4, 0.5) is 5.82 Å². The van der Waals surface area contributed by atoms with Crippen LogP contribution >= 0.6 is 0 Å². The van der Waals surface area contributed by atoms with Crippen molar-refractivity contribution in [2.75, 3.05) is 5.32 Å². The Kier molecular flexibility index (Phi) is 3.21. The van der Waals surface area contributed by atoms with E-state index in [4.69, 9.17) is 4.42 Å². The smallest absolute Gasteiger partial charge is 0.196 e. The van der Waals surface area contributed by atoms with Crippen molar-refractivity contribution in [1.82, 2.24) is 9.97 Å². The quantitative estimate of drug-likeness (QED) is 0.781. The van der Waals surface area contributed by atoms with Crippen LogP contribution in [0.2, 0.25) is 0 Å². The van der Waals surface area contributed by atoms with Gasteiger partial charge >= 0.3 is 0 Å². The number of nitrogens with zero attached hydrogens (tertiary/aromatic N) is 2. The van der Waals surface area contributed by atoms with Gasteiger partial charge < -0.3 is 19.6 Å². The fourth-order valence-electron chi connectivity index (χ4n) is 2.27. The van der Waals surface area contributed by atoms with E-state index in [1.165, 1.54) is 6.33 Å². The van der Waals surface area contributed by atoms with Gasteiger partial charge in [-0.1, -0.05) is 26.0 Å². The molecule has 0 radical (unpaired) electrons. The molecular formula is C15H14N3O3-. The van der Waals surface area contributed by atoms with E-state index in [1.54, 1.807) is 13.8 Å². The molecule has 3 aromatic rings. The lowest BCUT2D eigenvalue weighted by Crippen LogP contribution is -2.44. The molecule has 1 atom stereocenters. The number of anilines is 1. The number of para-hydroxylation sites is 1. The lowest BCUT2D eigenvalue weighted by molar-refractivity contribution is -0.307. The molecule has 0 aliphatic carbocycles. The summed E-state index contributed by atoms with van der Waals surface area (Å²) < 4.78 is 5.74. The van der Waals surface area contributed by atoms with Crippen molar-refractivity contribution in [2.24, 2.45) is 5.92 Å². The second-order valence-electron chi connectivity index (χ2n) is 5.18. The van der Waals surface area contributed by atoms with Crippen molar-refractivity contribution in [3.05, 3.63) is 30.6 Å². The average Bonchev–Trinajstić information content (AvgIpc) is 2.83. The van der Waals surface area contributed by atoms with Gasteiger partial charge in [-0.15, -0.1) is 0 Å². The van der Waals surface area contributed by atoms with Gasteiger partial charge in [-0.2, -0.15) is 0 Å². The molecule has 3 rings (SSSR count). The largest absolute Gasteiger partial charge is 0.548 e. The van der Waals surface area contributed by atoms with Crippen molar-refractivity contribution in [3.63, 3.8) is 0 Å². The Bertz CT molecular complexity index is 810. The van der Waals surface area contributed by atoms with Gasteiger partial charge in [0, 0.05) is 5.39 Å². The highest BCUT2D eigenvalue weighted by molar-refractivity contribution is 6.05. The Morgan fingerprint density at radius 1 is 1.29 bits per heavy atom. The summed E-state index contributed by atoms with van der Waals surface area (Å²) >= 11 is 0. The maximum atomic E-state index is 11.2. The van der Waals surface area contributed by atoms with Crippen LogP contribution in [0.1, 0.15) is 13.8 Å². The normalized spacial score (nSPS) is 12.9. The third-order valence-corrected chi connectivity index (χ3v) is 3.37. The lowest BCUT2D eigenvalue weighted by atomic mass is 10.1. The topological polar surface area (TPSA) is 91.1 Å². The zero-order valence-corrected chi connectivity index (χ0v) is 11.7. The molecule has 0 spiro atoms. The number of carbonyl (C=O) groups is 1. The van der Waals surface area contributed by atoms with Gasteiger partial charge in [-0.25, -0.2) is 9.97 Å². The highest BCUT2D eigenvalue weighted by Gasteiger charge is 2.19. The van der Waals surface area contributed by atoms with Crippen LogP contribution in [0.25, 0.3) is 22.1 Å². The average molecular weight is 284 g/mol. The molecule has 21 heavy (non-hydrogen) atoms. The Labute approximate surface area is 120 Å². The molecule has 0 aliphatic heterocycles. The summed E-state index contributed by atoms with van der Waals surface area (Å²) in [6.07, 6.45) is 1.39. The van der Waals surface area contributed by atoms with E-state index in [9.17, 15) is 9.90 Å². The maximum Gasteiger partial charge on any atom is 0.196 e. The number of rotatable bonds is 4. The summed E-state index contributed by atoms with van der Waals surface area (Å²) in [7, 11) is 0. The van der Waals surface area contributed by atoms with Crippen molar-refractivity contribution in [3.8, 4) is 0 Å². The number of carboxylic acids is 1. The zero-order valence-electron chi connectivity index (χ0n) is 11.7. The molecule has 2 aromatic heterocycles. The fourth-order valence-corrected chi connectivity index (χ4v) is 2.27. The molecule has 0 fully saturated rings. The third kappa shape index (κ3) is 2.29. The first-order valence-corrected chi connectivity index (χ1v) is 6.67. The molecule has 1 aromatic carbocycles. The summed E-state index contributed by atoms with van der Waals surface area (Å²) in [6.45, 7) is 3.59. The summed E-state index contributed by atoms with van der Waals surface area (Å²) in [5.74, 6) is -0.962. The van der Waals surface area contributed by atoms with Crippen molar-refractivity contribution >= 4 is 33.9 Å². The summed E-state index contributed by atoms with van der Waals surface area (Å²) in [6, 6.07) is 6.64. The number of hydrogen-bond acceptors (Lipinski definition) is 6. The van der Waals surface area contributed by atoms with Crippen LogP contribution in [0.3, 0.4) is 0 Å². The number of aliphatic carboxylic acids is 1. The zero-order chi connectivity index (χ0) is 15.0. The molecule has 0 amide bonds. The van der Waals surface area contributed by atoms with Gasteiger partial charge in [-0.3, -0.25) is 0 Å². The number of furan rings is 1. The van der Waals surface area contributed by atoms with E-state index in [1.807, 2.05) is 24.3 Å². The number of benzene rings is 1. The van der Waals surface area contributed by atoms with E-state index < -0.39 is 12.0 Å². The number of carboxylic acid groups (broad SMARTS) is 1. The number of hydrogen-bond donors (Lipinski definition) is 1. The molecule has 2 heterocycles. The summed E-state index contributed by atoms with van der Waals surface area (Å²) in [5, 5.41) is 14.9. The Morgan fingerprint density at radius 2 is 2.05 bits per heavy atom. The molecule has 0 aliphatic rings. The predicted octanol–water partition coefficient (Wildman–Crippen LogP) is 1.56.